The van der Waals surface area contributed by atoms with Gasteiger partial charge in [0, 0.05) is 36.3 Å². The monoisotopic (exact) mass is 902 g/mol. The summed E-state index contributed by atoms with van der Waals surface area (Å²) in [7, 11) is 0. The van der Waals surface area contributed by atoms with E-state index < -0.39 is 35.6 Å². The van der Waals surface area contributed by atoms with Crippen molar-refractivity contribution in [3.8, 4) is 45.9 Å². The molecule has 4 aromatic heterocycles. The fourth-order valence-corrected chi connectivity index (χ4v) is 9.52. The highest BCUT2D eigenvalue weighted by atomic mass is 16.7. The van der Waals surface area contributed by atoms with Crippen LogP contribution < -0.4 is 27.3 Å². The van der Waals surface area contributed by atoms with E-state index in [1.54, 1.807) is 26.1 Å². The van der Waals surface area contributed by atoms with Crippen molar-refractivity contribution in [1.82, 2.24) is 49.8 Å². The van der Waals surface area contributed by atoms with E-state index in [0.29, 0.717) is 77.1 Å². The largest absolute Gasteiger partial charge is 0.457 e. The topological polar surface area (TPSA) is 247 Å². The highest BCUT2D eigenvalue weighted by molar-refractivity contribution is 6.01. The van der Waals surface area contributed by atoms with E-state index >= 15 is 0 Å². The Morgan fingerprint density at radius 3 is 2.01 bits per heavy atom. The SMILES string of the molecule is C=CC(=O)N1CCCC(n2nc(-c3ccc(C4OCC(C5CCC(n6nc(-c7ccc(Oc8ccccc8)cc7)c7c(N)n[nH]c(=O)c76)CN5C(=O)C#CC)O4)cc3)c3c(N)n[nH]c(=O)c32)C1. The third-order valence-corrected chi connectivity index (χ3v) is 12.7. The lowest BCUT2D eigenvalue weighted by Crippen LogP contribution is -2.53. The number of aromatic amines is 2. The number of hydrogen-bond donors (Lipinski definition) is 4. The number of piperidine rings is 2. The van der Waals surface area contributed by atoms with Gasteiger partial charge in [0.2, 0.25) is 5.91 Å². The zero-order valence-electron chi connectivity index (χ0n) is 36.4. The summed E-state index contributed by atoms with van der Waals surface area (Å²) in [4.78, 5) is 56.5. The number of aromatic nitrogens is 8. The first kappa shape index (κ1) is 42.8. The van der Waals surface area contributed by atoms with Gasteiger partial charge in [-0.2, -0.15) is 20.4 Å². The number of amides is 2. The van der Waals surface area contributed by atoms with Crippen LogP contribution in [0, 0.1) is 11.8 Å². The molecule has 3 saturated heterocycles. The highest BCUT2D eigenvalue weighted by Gasteiger charge is 2.42. The summed E-state index contributed by atoms with van der Waals surface area (Å²) in [6.45, 7) is 6.58. The van der Waals surface area contributed by atoms with E-state index in [2.05, 4.69) is 38.8 Å². The number of nitrogens with one attached hydrogen (secondary N) is 2. The number of fused-ring (bicyclic) bond motifs is 2. The van der Waals surface area contributed by atoms with E-state index in [1.807, 2.05) is 78.9 Å². The second kappa shape index (κ2) is 17.7. The molecular weight excluding hydrogens is 857 g/mol. The zero-order chi connectivity index (χ0) is 46.3. The first-order valence-corrected chi connectivity index (χ1v) is 22.0. The molecule has 67 heavy (non-hydrogen) atoms. The van der Waals surface area contributed by atoms with Gasteiger partial charge in [0.15, 0.2) is 17.9 Å². The third-order valence-electron chi connectivity index (χ3n) is 12.7. The molecule has 0 bridgehead atoms. The Morgan fingerprint density at radius 2 is 1.40 bits per heavy atom. The Labute approximate surface area is 382 Å². The molecule has 7 heterocycles. The minimum atomic E-state index is -0.749. The van der Waals surface area contributed by atoms with Crippen LogP contribution in [0.4, 0.5) is 11.6 Å². The minimum Gasteiger partial charge on any atom is -0.457 e. The van der Waals surface area contributed by atoms with Crippen LogP contribution in [0.25, 0.3) is 44.3 Å². The van der Waals surface area contributed by atoms with Crippen LogP contribution in [0.2, 0.25) is 0 Å². The second-order valence-corrected chi connectivity index (χ2v) is 16.7. The molecule has 3 aliphatic rings. The van der Waals surface area contributed by atoms with Gasteiger partial charge in [-0.15, -0.1) is 0 Å². The lowest BCUT2D eigenvalue weighted by atomic mass is 9.94. The average molecular weight is 903 g/mol. The third kappa shape index (κ3) is 7.95. The molecule has 2 amide bonds. The van der Waals surface area contributed by atoms with Crippen molar-refractivity contribution in [1.29, 1.82) is 0 Å². The molecule has 0 spiro atoms. The van der Waals surface area contributed by atoms with Crippen molar-refractivity contribution >= 4 is 45.3 Å². The number of carbonyl (C=O) groups excluding carboxylic acids is 2. The van der Waals surface area contributed by atoms with E-state index in [1.165, 1.54) is 6.08 Å². The average Bonchev–Trinajstić information content (AvgIpc) is 4.12. The lowest BCUT2D eigenvalue weighted by Gasteiger charge is -2.40. The molecule has 0 radical (unpaired) electrons. The van der Waals surface area contributed by atoms with Crippen LogP contribution in [0.3, 0.4) is 0 Å². The van der Waals surface area contributed by atoms with Crippen molar-refractivity contribution in [3.05, 3.63) is 118 Å². The first-order valence-electron chi connectivity index (χ1n) is 22.0. The molecule has 3 fully saturated rings. The van der Waals surface area contributed by atoms with E-state index in [0.717, 1.165) is 12.0 Å². The Bertz CT molecular complexity index is 3220. The molecule has 10 rings (SSSR count). The predicted molar refractivity (Wildman–Crippen MR) is 248 cm³/mol. The lowest BCUT2D eigenvalue weighted by molar-refractivity contribution is -0.135. The van der Waals surface area contributed by atoms with Crippen molar-refractivity contribution in [2.75, 3.05) is 37.7 Å². The number of benzene rings is 3. The molecule has 19 heteroatoms. The number of nitrogens with two attached hydrogens (primary N) is 2. The Balaban J connectivity index is 0.887. The summed E-state index contributed by atoms with van der Waals surface area (Å²) in [5, 5.41) is 23.8. The fourth-order valence-electron chi connectivity index (χ4n) is 9.52. The minimum absolute atomic E-state index is 0.114. The Hall–Kier alpha value is -8.08. The fraction of sp³-hybridized carbons (Fsp3) is 0.292. The second-order valence-electron chi connectivity index (χ2n) is 16.7. The number of carbonyl (C=O) groups is 2. The highest BCUT2D eigenvalue weighted by Crippen LogP contribution is 2.40. The number of anilines is 2. The van der Waals surface area contributed by atoms with Crippen LogP contribution in [-0.2, 0) is 19.1 Å². The van der Waals surface area contributed by atoms with Crippen molar-refractivity contribution < 1.29 is 23.8 Å². The molecule has 6 N–H and O–H groups in total. The molecule has 0 aliphatic carbocycles. The summed E-state index contributed by atoms with van der Waals surface area (Å²) in [6.07, 6.45) is 2.51. The van der Waals surface area contributed by atoms with Gasteiger partial charge in [-0.25, -0.2) is 10.2 Å². The van der Waals surface area contributed by atoms with Crippen LogP contribution in [0.5, 0.6) is 11.5 Å². The maximum absolute atomic E-state index is 13.8. The predicted octanol–water partition coefficient (Wildman–Crippen LogP) is 4.86. The van der Waals surface area contributed by atoms with Gasteiger partial charge in [0.05, 0.1) is 35.5 Å². The van der Waals surface area contributed by atoms with Gasteiger partial charge >= 0.3 is 0 Å². The van der Waals surface area contributed by atoms with Gasteiger partial charge in [-0.05, 0) is 81.0 Å². The number of hydrogen-bond acceptors (Lipinski definition) is 13. The number of para-hydroxylation sites is 1. The Kier molecular flexibility index (Phi) is 11.3. The molecule has 3 aliphatic heterocycles. The molecule has 5 unspecified atom stereocenters. The van der Waals surface area contributed by atoms with Gasteiger partial charge in [-0.1, -0.05) is 55.0 Å². The summed E-state index contributed by atoms with van der Waals surface area (Å²) in [6, 6.07) is 23.1. The summed E-state index contributed by atoms with van der Waals surface area (Å²) < 4.78 is 22.1. The summed E-state index contributed by atoms with van der Waals surface area (Å²) in [5.74, 6) is 6.43. The maximum Gasteiger partial charge on any atom is 0.298 e. The number of nitrogens with zero attached hydrogens (tertiary/aromatic N) is 8. The van der Waals surface area contributed by atoms with Crippen LogP contribution in [0.1, 0.15) is 56.5 Å². The molecule has 3 aromatic carbocycles. The van der Waals surface area contributed by atoms with Crippen molar-refractivity contribution in [2.45, 2.75) is 63.1 Å². The van der Waals surface area contributed by atoms with Crippen LogP contribution >= 0.6 is 0 Å². The zero-order valence-corrected chi connectivity index (χ0v) is 36.4. The molecule has 19 nitrogen and oxygen atoms in total. The summed E-state index contributed by atoms with van der Waals surface area (Å²) >= 11 is 0. The quantitative estimate of drug-likeness (QED) is 0.112. The van der Waals surface area contributed by atoms with Gasteiger partial charge < -0.3 is 35.5 Å². The molecule has 7 aromatic rings. The van der Waals surface area contributed by atoms with Gasteiger partial charge in [-0.3, -0.25) is 28.5 Å². The number of nitrogen functional groups attached to an aromatic ring is 2. The molecular formula is C48H46N12O7. The first-order chi connectivity index (χ1) is 32.6. The number of ether oxygens (including phenoxy) is 3. The Morgan fingerprint density at radius 1 is 0.806 bits per heavy atom. The number of H-pyrrole nitrogens is 2. The maximum atomic E-state index is 13.8. The molecule has 340 valence electrons. The van der Waals surface area contributed by atoms with E-state index in [4.69, 9.17) is 35.9 Å². The molecule has 5 atom stereocenters. The van der Waals surface area contributed by atoms with Crippen LogP contribution in [-0.4, -0.2) is 100.0 Å². The van der Waals surface area contributed by atoms with Crippen LogP contribution in [0.15, 0.2) is 101 Å². The van der Waals surface area contributed by atoms with Crippen molar-refractivity contribution in [3.63, 3.8) is 0 Å². The van der Waals surface area contributed by atoms with Gasteiger partial charge in [0.25, 0.3) is 17.0 Å². The smallest absolute Gasteiger partial charge is 0.298 e. The number of likely N-dealkylation sites (tertiary alicyclic amines) is 2. The standard InChI is InChI=1S/C48H46N12O7/c1-3-9-37(62)58-25-31(60-43-39(45(50)52-54-47(43)64)41(56-60)28-17-20-33(21-18-28)66-32-11-6-5-7-12-32)19-22-34(58)35-26-65-48(67-35)29-15-13-27(14-16-29)40-38-42(46(63)53-51-44(38)49)59(55-40)30-10-8-23-57(24-30)36(61)4-2/h4-7,11-18,20-21,30-31,34-35,48H,2,8,10,19,22-26H2,1H3,(H2,49,51)(H2,50,52)(H,53,63)(H,54,64). The number of rotatable bonds is 9. The normalized spacial score (nSPS) is 20.7. The summed E-state index contributed by atoms with van der Waals surface area (Å²) in [5.41, 5.74) is 15.5. The van der Waals surface area contributed by atoms with Crippen molar-refractivity contribution in [2.24, 2.45) is 0 Å². The van der Waals surface area contributed by atoms with E-state index in [-0.39, 0.29) is 53.7 Å². The van der Waals surface area contributed by atoms with Gasteiger partial charge in [0.1, 0.15) is 40.0 Å². The van der Waals surface area contributed by atoms with E-state index in [9.17, 15) is 19.2 Å². The molecule has 0 saturated carbocycles.